The van der Waals surface area contributed by atoms with Gasteiger partial charge in [-0.25, -0.2) is 4.39 Å². The lowest BCUT2D eigenvalue weighted by Gasteiger charge is -2.19. The molecule has 0 N–H and O–H groups in total. The van der Waals surface area contributed by atoms with E-state index in [0.717, 1.165) is 21.6 Å². The minimum Gasteiger partial charge on any atom is -0.266 e. The lowest BCUT2D eigenvalue weighted by Crippen LogP contribution is -2.19. The van der Waals surface area contributed by atoms with E-state index in [4.69, 9.17) is 0 Å². The number of halogens is 1. The van der Waals surface area contributed by atoms with Crippen molar-refractivity contribution >= 4 is 22.7 Å². The van der Waals surface area contributed by atoms with Crippen LogP contribution in [0.5, 0.6) is 0 Å². The van der Waals surface area contributed by atoms with Crippen LogP contribution in [0.4, 0.5) is 4.39 Å². The fourth-order valence-corrected chi connectivity index (χ4v) is 2.23. The average molecular weight is 278 g/mol. The Hall–Kier alpha value is -1.62. The zero-order valence-electron chi connectivity index (χ0n) is 11.1. The molecule has 0 unspecified atom stereocenters. The largest absolute Gasteiger partial charge is 0.288 e. The average Bonchev–Trinajstić information content (AvgIpc) is 2.31. The number of aromatic nitrogens is 2. The van der Waals surface area contributed by atoms with Crippen molar-refractivity contribution in [3.8, 4) is 0 Å². The van der Waals surface area contributed by atoms with E-state index in [0.29, 0.717) is 5.39 Å². The van der Waals surface area contributed by atoms with Gasteiger partial charge in [-0.2, -0.15) is 9.19 Å². The fourth-order valence-electron chi connectivity index (χ4n) is 1.80. The van der Waals surface area contributed by atoms with Crippen LogP contribution in [-0.2, 0) is 5.41 Å². The highest BCUT2D eigenvalue weighted by Crippen LogP contribution is 2.26. The Bertz CT molecular complexity index is 701. The van der Waals surface area contributed by atoms with Gasteiger partial charge in [-0.1, -0.05) is 27.4 Å². The van der Waals surface area contributed by atoms with Crippen LogP contribution in [0.15, 0.2) is 35.1 Å². The Labute approximate surface area is 115 Å². The number of rotatable bonds is 2. The molecule has 0 aliphatic rings. The molecule has 0 atom stereocenters. The SMILES string of the molecule is C=CSn1ncc2cc(C(C)(C)C)cc(F)c2c1=O. The molecule has 0 spiro atoms. The summed E-state index contributed by atoms with van der Waals surface area (Å²) < 4.78 is 15.3. The molecular formula is C14H15FN2OS. The molecule has 0 saturated heterocycles. The second-order valence-corrected chi connectivity index (χ2v) is 6.16. The van der Waals surface area contributed by atoms with Gasteiger partial charge in [-0.15, -0.1) is 0 Å². The first-order chi connectivity index (χ1) is 8.84. The third-order valence-electron chi connectivity index (χ3n) is 2.85. The highest BCUT2D eigenvalue weighted by molar-refractivity contribution is 8.00. The van der Waals surface area contributed by atoms with Crippen molar-refractivity contribution in [2.24, 2.45) is 0 Å². The third kappa shape index (κ3) is 2.56. The van der Waals surface area contributed by atoms with Gasteiger partial charge in [0.05, 0.1) is 11.6 Å². The lowest BCUT2D eigenvalue weighted by atomic mass is 9.86. The first kappa shape index (κ1) is 13.8. The van der Waals surface area contributed by atoms with Crippen LogP contribution in [0.1, 0.15) is 26.3 Å². The smallest absolute Gasteiger partial charge is 0.266 e. The Balaban J connectivity index is 2.77. The molecule has 0 aliphatic heterocycles. The molecule has 2 aromatic rings. The number of hydrogen-bond donors (Lipinski definition) is 0. The second-order valence-electron chi connectivity index (χ2n) is 5.27. The van der Waals surface area contributed by atoms with E-state index in [2.05, 4.69) is 11.7 Å². The molecule has 19 heavy (non-hydrogen) atoms. The summed E-state index contributed by atoms with van der Waals surface area (Å²) in [5.41, 5.74) is 0.202. The van der Waals surface area contributed by atoms with Crippen LogP contribution in [0.3, 0.4) is 0 Å². The molecule has 1 heterocycles. The molecule has 0 fully saturated rings. The highest BCUT2D eigenvalue weighted by atomic mass is 32.2. The predicted octanol–water partition coefficient (Wildman–Crippen LogP) is 3.47. The Kier molecular flexibility index (Phi) is 3.49. The number of benzene rings is 1. The van der Waals surface area contributed by atoms with E-state index >= 15 is 0 Å². The Morgan fingerprint density at radius 3 is 2.68 bits per heavy atom. The maximum absolute atomic E-state index is 14.2. The minimum absolute atomic E-state index is 0.0670. The number of fused-ring (bicyclic) bond motifs is 1. The summed E-state index contributed by atoms with van der Waals surface area (Å²) in [7, 11) is 0. The standard InChI is InChI=1S/C14H15FN2OS/c1-5-19-17-13(18)12-9(8-16-17)6-10(7-11(12)15)14(2,3)4/h5-8H,1H2,2-4H3. The monoisotopic (exact) mass is 278 g/mol. The van der Waals surface area contributed by atoms with Crippen LogP contribution in [0.2, 0.25) is 0 Å². The quantitative estimate of drug-likeness (QED) is 0.843. The molecule has 0 bridgehead atoms. The molecule has 3 nitrogen and oxygen atoms in total. The zero-order chi connectivity index (χ0) is 14.2. The van der Waals surface area contributed by atoms with Gasteiger partial charge < -0.3 is 0 Å². The second kappa shape index (κ2) is 4.81. The molecule has 0 aliphatic carbocycles. The van der Waals surface area contributed by atoms with Gasteiger partial charge in [-0.05, 0) is 28.5 Å². The molecule has 0 amide bonds. The normalized spacial score (nSPS) is 11.8. The van der Waals surface area contributed by atoms with Crippen molar-refractivity contribution in [2.75, 3.05) is 0 Å². The van der Waals surface area contributed by atoms with E-state index in [1.807, 2.05) is 26.8 Å². The van der Waals surface area contributed by atoms with Crippen molar-refractivity contribution in [1.82, 2.24) is 9.19 Å². The van der Waals surface area contributed by atoms with E-state index in [1.165, 1.54) is 17.7 Å². The molecule has 1 aromatic heterocycles. The number of hydrogen-bond acceptors (Lipinski definition) is 3. The van der Waals surface area contributed by atoms with Crippen LogP contribution >= 0.6 is 11.9 Å². The predicted molar refractivity (Wildman–Crippen MR) is 77.8 cm³/mol. The molecule has 1 aromatic carbocycles. The van der Waals surface area contributed by atoms with E-state index in [9.17, 15) is 9.18 Å². The zero-order valence-corrected chi connectivity index (χ0v) is 11.9. The van der Waals surface area contributed by atoms with Gasteiger partial charge in [0.2, 0.25) is 0 Å². The molecule has 0 radical (unpaired) electrons. The first-order valence-corrected chi connectivity index (χ1v) is 6.68. The van der Waals surface area contributed by atoms with E-state index in [-0.39, 0.29) is 10.8 Å². The van der Waals surface area contributed by atoms with Gasteiger partial charge >= 0.3 is 0 Å². The Morgan fingerprint density at radius 1 is 1.42 bits per heavy atom. The Morgan fingerprint density at radius 2 is 2.11 bits per heavy atom. The van der Waals surface area contributed by atoms with Crippen LogP contribution in [-0.4, -0.2) is 9.19 Å². The minimum atomic E-state index is -0.506. The first-order valence-electron chi connectivity index (χ1n) is 5.84. The summed E-state index contributed by atoms with van der Waals surface area (Å²) in [6, 6.07) is 3.24. The van der Waals surface area contributed by atoms with Crippen molar-refractivity contribution in [1.29, 1.82) is 0 Å². The topological polar surface area (TPSA) is 34.9 Å². The third-order valence-corrected chi connectivity index (χ3v) is 3.46. The molecule has 5 heteroatoms. The van der Waals surface area contributed by atoms with Crippen molar-refractivity contribution in [3.05, 3.63) is 52.1 Å². The summed E-state index contributed by atoms with van der Waals surface area (Å²) in [6.07, 6.45) is 1.51. The van der Waals surface area contributed by atoms with Crippen molar-refractivity contribution in [2.45, 2.75) is 26.2 Å². The van der Waals surface area contributed by atoms with Crippen molar-refractivity contribution in [3.63, 3.8) is 0 Å². The molecule has 2 rings (SSSR count). The summed E-state index contributed by atoms with van der Waals surface area (Å²) in [6.45, 7) is 9.50. The summed E-state index contributed by atoms with van der Waals surface area (Å²) >= 11 is 1.03. The van der Waals surface area contributed by atoms with Gasteiger partial charge in [0.15, 0.2) is 0 Å². The lowest BCUT2D eigenvalue weighted by molar-refractivity contribution is 0.576. The van der Waals surface area contributed by atoms with Crippen LogP contribution < -0.4 is 5.56 Å². The van der Waals surface area contributed by atoms with E-state index in [1.54, 1.807) is 0 Å². The summed E-state index contributed by atoms with van der Waals surface area (Å²) in [5.74, 6) is -0.506. The molecular weight excluding hydrogens is 263 g/mol. The molecule has 100 valence electrons. The van der Waals surface area contributed by atoms with E-state index < -0.39 is 11.4 Å². The maximum atomic E-state index is 14.2. The highest BCUT2D eigenvalue weighted by Gasteiger charge is 2.18. The summed E-state index contributed by atoms with van der Waals surface area (Å²) in [5, 5.41) is 6.05. The van der Waals surface area contributed by atoms with Gasteiger partial charge in [0.1, 0.15) is 5.82 Å². The van der Waals surface area contributed by atoms with Gasteiger partial charge in [-0.3, -0.25) is 4.79 Å². The van der Waals surface area contributed by atoms with Gasteiger partial charge in [0.25, 0.3) is 5.56 Å². The van der Waals surface area contributed by atoms with Crippen LogP contribution in [0, 0.1) is 5.82 Å². The van der Waals surface area contributed by atoms with Gasteiger partial charge in [0, 0.05) is 17.3 Å². The maximum Gasteiger partial charge on any atom is 0.288 e. The van der Waals surface area contributed by atoms with Crippen LogP contribution in [0.25, 0.3) is 10.8 Å². The fraction of sp³-hybridized carbons (Fsp3) is 0.286. The molecule has 0 saturated carbocycles. The van der Waals surface area contributed by atoms with Crippen molar-refractivity contribution < 1.29 is 4.39 Å². The number of nitrogens with zero attached hydrogens (tertiary/aromatic N) is 2. The summed E-state index contributed by atoms with van der Waals surface area (Å²) in [4.78, 5) is 12.1.